The summed E-state index contributed by atoms with van der Waals surface area (Å²) in [6.07, 6.45) is 0.468. The molecule has 0 saturated carbocycles. The van der Waals surface area contributed by atoms with E-state index in [1.807, 2.05) is 51.3 Å². The molecular weight excluding hydrogens is 406 g/mol. The lowest BCUT2D eigenvalue weighted by Gasteiger charge is -2.27. The highest BCUT2D eigenvalue weighted by Gasteiger charge is 2.37. The van der Waals surface area contributed by atoms with Gasteiger partial charge in [0, 0.05) is 21.9 Å². The summed E-state index contributed by atoms with van der Waals surface area (Å²) in [7, 11) is -3.11. The number of amides is 1. The zero-order chi connectivity index (χ0) is 20.9. The fourth-order valence-corrected chi connectivity index (χ4v) is 6.55. The van der Waals surface area contributed by atoms with Crippen LogP contribution in [0.15, 0.2) is 28.0 Å². The van der Waals surface area contributed by atoms with Crippen molar-refractivity contribution in [2.24, 2.45) is 0 Å². The van der Waals surface area contributed by atoms with Crippen molar-refractivity contribution < 1.29 is 17.6 Å². The first-order valence-corrected chi connectivity index (χ1v) is 12.4. The monoisotopic (exact) mass is 431 g/mol. The number of hydrogen-bond donors (Lipinski definition) is 0. The highest BCUT2D eigenvalue weighted by atomic mass is 32.2. The lowest BCUT2D eigenvalue weighted by molar-refractivity contribution is 0.0651. The predicted octanol–water partition coefficient (Wildman–Crippen LogP) is 4.56. The van der Waals surface area contributed by atoms with Crippen molar-refractivity contribution in [1.29, 1.82) is 0 Å². The van der Waals surface area contributed by atoms with Gasteiger partial charge in [0.2, 0.25) is 0 Å². The van der Waals surface area contributed by atoms with Gasteiger partial charge in [-0.2, -0.15) is 0 Å². The number of nitrogens with zero attached hydrogens (tertiary/aromatic N) is 1. The molecule has 0 spiro atoms. The van der Waals surface area contributed by atoms with Crippen molar-refractivity contribution in [3.63, 3.8) is 0 Å². The van der Waals surface area contributed by atoms with Crippen LogP contribution in [0.3, 0.4) is 0 Å². The number of furan rings is 1. The Hall–Kier alpha value is -2.12. The number of hydrogen-bond acceptors (Lipinski definition) is 5. The van der Waals surface area contributed by atoms with E-state index in [-0.39, 0.29) is 23.5 Å². The van der Waals surface area contributed by atoms with E-state index in [4.69, 9.17) is 4.42 Å². The van der Waals surface area contributed by atoms with Crippen LogP contribution in [0.4, 0.5) is 0 Å². The molecule has 154 valence electrons. The number of carbonyl (C=O) groups is 1. The molecule has 3 heterocycles. The van der Waals surface area contributed by atoms with E-state index >= 15 is 0 Å². The van der Waals surface area contributed by atoms with Crippen molar-refractivity contribution in [1.82, 2.24) is 4.90 Å². The Balaban J connectivity index is 1.76. The Morgan fingerprint density at radius 3 is 2.52 bits per heavy atom. The summed E-state index contributed by atoms with van der Waals surface area (Å²) in [5.41, 5.74) is 4.87. The Morgan fingerprint density at radius 2 is 1.90 bits per heavy atom. The number of aryl methyl sites for hydroxylation is 4. The van der Waals surface area contributed by atoms with Crippen LogP contribution in [0.2, 0.25) is 0 Å². The summed E-state index contributed by atoms with van der Waals surface area (Å²) in [6, 6.07) is 5.70. The molecule has 7 heteroatoms. The van der Waals surface area contributed by atoms with Gasteiger partial charge in [0.25, 0.3) is 5.91 Å². The molecule has 1 aliphatic rings. The summed E-state index contributed by atoms with van der Waals surface area (Å²) in [4.78, 5) is 16.4. The topological polar surface area (TPSA) is 67.6 Å². The molecule has 0 unspecified atom stereocenters. The standard InChI is InChI=1S/C22H25NO4S2/c1-13-5-7-28-20(13)11-23(17-6-8-29(25,26)12-17)22(24)21-16(4)18-9-14(2)15(3)10-19(18)27-21/h5,7,9-10,17H,6,8,11-12H2,1-4H3/t17-/m0/s1. The fourth-order valence-electron chi connectivity index (χ4n) is 3.92. The molecule has 5 nitrogen and oxygen atoms in total. The third kappa shape index (κ3) is 3.73. The second-order valence-corrected chi connectivity index (χ2v) is 11.2. The number of benzene rings is 1. The highest BCUT2D eigenvalue weighted by Crippen LogP contribution is 2.31. The van der Waals surface area contributed by atoms with Gasteiger partial charge in [-0.15, -0.1) is 11.3 Å². The third-order valence-electron chi connectivity index (χ3n) is 5.94. The largest absolute Gasteiger partial charge is 0.451 e. The van der Waals surface area contributed by atoms with Gasteiger partial charge < -0.3 is 9.32 Å². The molecule has 1 amide bonds. The van der Waals surface area contributed by atoms with Gasteiger partial charge in [0.1, 0.15) is 5.58 Å². The molecule has 1 aromatic carbocycles. The first-order chi connectivity index (χ1) is 13.7. The second kappa shape index (κ2) is 7.29. The van der Waals surface area contributed by atoms with Crippen LogP contribution in [0.1, 0.15) is 44.1 Å². The normalized spacial score (nSPS) is 18.4. The van der Waals surface area contributed by atoms with Crippen molar-refractivity contribution in [2.75, 3.05) is 11.5 Å². The van der Waals surface area contributed by atoms with Gasteiger partial charge in [0.15, 0.2) is 15.6 Å². The van der Waals surface area contributed by atoms with Crippen molar-refractivity contribution >= 4 is 38.1 Å². The molecule has 4 rings (SSSR count). The molecule has 1 aliphatic heterocycles. The average Bonchev–Trinajstić information content (AvgIpc) is 3.31. The number of carbonyl (C=O) groups excluding carboxylic acids is 1. The maximum atomic E-state index is 13.6. The van der Waals surface area contributed by atoms with Gasteiger partial charge in [-0.3, -0.25) is 4.79 Å². The van der Waals surface area contributed by atoms with E-state index in [9.17, 15) is 13.2 Å². The molecule has 29 heavy (non-hydrogen) atoms. The minimum Gasteiger partial charge on any atom is -0.451 e. The molecule has 2 aromatic heterocycles. The van der Waals surface area contributed by atoms with E-state index in [1.165, 1.54) is 0 Å². The molecule has 1 saturated heterocycles. The molecule has 0 aliphatic carbocycles. The maximum absolute atomic E-state index is 13.6. The summed E-state index contributed by atoms with van der Waals surface area (Å²) in [5, 5.41) is 2.93. The zero-order valence-corrected chi connectivity index (χ0v) is 18.7. The first kappa shape index (κ1) is 20.2. The first-order valence-electron chi connectivity index (χ1n) is 9.71. The Kier molecular flexibility index (Phi) is 5.07. The minimum absolute atomic E-state index is 0.0145. The summed E-state index contributed by atoms with van der Waals surface area (Å²) >= 11 is 1.59. The Labute approximate surface area is 175 Å². The van der Waals surface area contributed by atoms with Gasteiger partial charge in [-0.05, 0) is 74.4 Å². The fraction of sp³-hybridized carbons (Fsp3) is 0.409. The zero-order valence-electron chi connectivity index (χ0n) is 17.1. The highest BCUT2D eigenvalue weighted by molar-refractivity contribution is 7.91. The van der Waals surface area contributed by atoms with E-state index in [0.717, 1.165) is 32.5 Å². The number of sulfone groups is 1. The van der Waals surface area contributed by atoms with Crippen LogP contribution >= 0.6 is 11.3 Å². The molecule has 3 aromatic rings. The van der Waals surface area contributed by atoms with Gasteiger partial charge in [-0.1, -0.05) is 0 Å². The smallest absolute Gasteiger partial charge is 0.290 e. The van der Waals surface area contributed by atoms with Crippen LogP contribution in [-0.4, -0.2) is 36.8 Å². The Morgan fingerprint density at radius 1 is 1.17 bits per heavy atom. The summed E-state index contributed by atoms with van der Waals surface area (Å²) < 4.78 is 30.2. The van der Waals surface area contributed by atoms with Crippen LogP contribution < -0.4 is 0 Å². The second-order valence-electron chi connectivity index (χ2n) is 8.01. The number of thiophene rings is 1. The average molecular weight is 432 g/mol. The van der Waals surface area contributed by atoms with Gasteiger partial charge >= 0.3 is 0 Å². The minimum atomic E-state index is -3.11. The molecule has 0 radical (unpaired) electrons. The SMILES string of the molecule is Cc1cc2oc(C(=O)N(Cc3sccc3C)[C@H]3CCS(=O)(=O)C3)c(C)c2cc1C. The van der Waals surface area contributed by atoms with Crippen molar-refractivity contribution in [3.8, 4) is 0 Å². The summed E-state index contributed by atoms with van der Waals surface area (Å²) in [5.74, 6) is 0.218. The van der Waals surface area contributed by atoms with Crippen molar-refractivity contribution in [2.45, 2.75) is 46.7 Å². The van der Waals surface area contributed by atoms with Crippen LogP contribution in [0, 0.1) is 27.7 Å². The van der Waals surface area contributed by atoms with Crippen LogP contribution in [-0.2, 0) is 16.4 Å². The lowest BCUT2D eigenvalue weighted by Crippen LogP contribution is -2.40. The maximum Gasteiger partial charge on any atom is 0.290 e. The Bertz CT molecular complexity index is 1200. The molecule has 1 atom stereocenters. The van der Waals surface area contributed by atoms with E-state index < -0.39 is 9.84 Å². The predicted molar refractivity (Wildman–Crippen MR) is 116 cm³/mol. The van der Waals surface area contributed by atoms with Crippen molar-refractivity contribution in [3.05, 3.63) is 56.5 Å². The van der Waals surface area contributed by atoms with E-state index in [2.05, 4.69) is 0 Å². The molecule has 0 N–H and O–H groups in total. The van der Waals surface area contributed by atoms with Crippen LogP contribution in [0.25, 0.3) is 11.0 Å². The van der Waals surface area contributed by atoms with Crippen LogP contribution in [0.5, 0.6) is 0 Å². The lowest BCUT2D eigenvalue weighted by atomic mass is 10.0. The molecule has 0 bridgehead atoms. The number of fused-ring (bicyclic) bond motifs is 1. The molecular formula is C22H25NO4S2. The third-order valence-corrected chi connectivity index (χ3v) is 8.70. The summed E-state index contributed by atoms with van der Waals surface area (Å²) in [6.45, 7) is 8.37. The van der Waals surface area contributed by atoms with E-state index in [0.29, 0.717) is 24.3 Å². The van der Waals surface area contributed by atoms with Gasteiger partial charge in [-0.25, -0.2) is 8.42 Å². The number of rotatable bonds is 4. The van der Waals surface area contributed by atoms with E-state index in [1.54, 1.807) is 16.2 Å². The quantitative estimate of drug-likeness (QED) is 0.607. The molecule has 1 fully saturated rings. The van der Waals surface area contributed by atoms with Gasteiger partial charge in [0.05, 0.1) is 18.1 Å².